The van der Waals surface area contributed by atoms with Gasteiger partial charge in [0, 0.05) is 45.2 Å². The average Bonchev–Trinajstić information content (AvgIpc) is 3.73. The number of hydrogen-bond donors (Lipinski definition) is 4. The molecule has 0 bridgehead atoms. The molecule has 5 amide bonds. The number of aromatic nitrogens is 2. The molecule has 2 aliphatic heterocycles. The van der Waals surface area contributed by atoms with Gasteiger partial charge in [0.15, 0.2) is 11.8 Å². The van der Waals surface area contributed by atoms with E-state index in [1.165, 1.54) is 22.6 Å². The van der Waals surface area contributed by atoms with Gasteiger partial charge in [0.1, 0.15) is 18.6 Å². The van der Waals surface area contributed by atoms with Gasteiger partial charge in [0.05, 0.1) is 5.69 Å². The summed E-state index contributed by atoms with van der Waals surface area (Å²) < 4.78 is 45.1. The summed E-state index contributed by atoms with van der Waals surface area (Å²) in [5.41, 5.74) is 0.157. The number of carboxylic acid groups (broad SMARTS) is 2. The number of carbonyl (C=O) groups is 6. The van der Waals surface area contributed by atoms with Crippen LogP contribution in [0, 0.1) is 0 Å². The van der Waals surface area contributed by atoms with Crippen molar-refractivity contribution in [2.75, 3.05) is 39.3 Å². The zero-order valence-electron chi connectivity index (χ0n) is 26.4. The van der Waals surface area contributed by atoms with Crippen molar-refractivity contribution in [3.05, 3.63) is 42.1 Å². The molecule has 0 spiro atoms. The molecule has 0 aliphatic carbocycles. The first-order valence-electron chi connectivity index (χ1n) is 15.4. The van der Waals surface area contributed by atoms with Gasteiger partial charge in [-0.2, -0.15) is 18.3 Å². The fraction of sp³-hybridized carbons (Fsp3) is 0.500. The Bertz CT molecular complexity index is 1540. The van der Waals surface area contributed by atoms with Crippen LogP contribution in [0.4, 0.5) is 18.0 Å². The smallest absolute Gasteiger partial charge is 0.407 e. The van der Waals surface area contributed by atoms with Crippen molar-refractivity contribution in [1.82, 2.24) is 35.1 Å². The zero-order chi connectivity index (χ0) is 35.9. The number of para-hydroxylation sites is 1. The molecule has 0 saturated carbocycles. The summed E-state index contributed by atoms with van der Waals surface area (Å²) in [5, 5.41) is 27.1. The highest BCUT2D eigenvalue weighted by molar-refractivity contribution is 5.96. The fourth-order valence-electron chi connectivity index (χ4n) is 5.48. The normalized spacial score (nSPS) is 17.6. The number of hydrogen-bond acceptors (Lipinski definition) is 8. The first-order chi connectivity index (χ1) is 23.1. The van der Waals surface area contributed by atoms with E-state index in [-0.39, 0.29) is 57.1 Å². The van der Waals surface area contributed by atoms with Crippen molar-refractivity contribution < 1.29 is 56.9 Å². The third kappa shape index (κ3) is 9.60. The van der Waals surface area contributed by atoms with Gasteiger partial charge in [0.25, 0.3) is 11.8 Å². The van der Waals surface area contributed by atoms with E-state index in [1.54, 1.807) is 30.3 Å². The van der Waals surface area contributed by atoms with Crippen LogP contribution >= 0.6 is 0 Å². The monoisotopic (exact) mass is 695 g/mol. The minimum Gasteiger partial charge on any atom is -0.481 e. The van der Waals surface area contributed by atoms with Gasteiger partial charge in [-0.1, -0.05) is 18.2 Å². The van der Waals surface area contributed by atoms with Crippen molar-refractivity contribution in [2.24, 2.45) is 0 Å². The quantitative estimate of drug-likeness (QED) is 0.249. The van der Waals surface area contributed by atoms with E-state index >= 15 is 0 Å². The summed E-state index contributed by atoms with van der Waals surface area (Å²) >= 11 is 0. The summed E-state index contributed by atoms with van der Waals surface area (Å²) in [6.45, 7) is 0.101. The van der Waals surface area contributed by atoms with Gasteiger partial charge < -0.3 is 40.3 Å². The number of rotatable bonds is 12. The SMILES string of the molecule is C[C@@H](Oc1cc(C(=O)N[C@@H](CCC(=O)O)C(=O)N2CCN(C(=O)O)CC2)nn1-c1ccccc1)C(=O)N1CCC[C@H]1C(=O)NCC(F)(F)F. The molecule has 2 saturated heterocycles. The lowest BCUT2D eigenvalue weighted by Crippen LogP contribution is -2.55. The van der Waals surface area contributed by atoms with Gasteiger partial charge in [0.2, 0.25) is 17.7 Å². The average molecular weight is 696 g/mol. The molecule has 1 aromatic carbocycles. The van der Waals surface area contributed by atoms with Gasteiger partial charge in [-0.05, 0) is 38.3 Å². The highest BCUT2D eigenvalue weighted by Gasteiger charge is 2.39. The molecule has 49 heavy (non-hydrogen) atoms. The second kappa shape index (κ2) is 15.7. The molecule has 4 rings (SSSR count). The maximum absolute atomic E-state index is 13.5. The second-order valence-corrected chi connectivity index (χ2v) is 11.5. The van der Waals surface area contributed by atoms with Crippen molar-refractivity contribution in [3.8, 4) is 11.6 Å². The Balaban J connectivity index is 1.52. The van der Waals surface area contributed by atoms with Crippen molar-refractivity contribution in [2.45, 2.75) is 57.0 Å². The number of benzene rings is 1. The highest BCUT2D eigenvalue weighted by Crippen LogP contribution is 2.24. The number of nitrogens with one attached hydrogen (secondary N) is 2. The molecule has 2 aromatic rings. The number of aliphatic carboxylic acids is 1. The first-order valence-corrected chi connectivity index (χ1v) is 15.4. The Morgan fingerprint density at radius 3 is 2.24 bits per heavy atom. The number of piperazine rings is 1. The Morgan fingerprint density at radius 1 is 0.980 bits per heavy atom. The third-order valence-electron chi connectivity index (χ3n) is 7.97. The molecule has 3 atom stereocenters. The topological polar surface area (TPSA) is 204 Å². The van der Waals surface area contributed by atoms with Crippen LogP contribution in [0.15, 0.2) is 36.4 Å². The molecule has 2 aliphatic rings. The summed E-state index contributed by atoms with van der Waals surface area (Å²) in [6.07, 6.45) is -7.22. The molecule has 1 aromatic heterocycles. The van der Waals surface area contributed by atoms with Crippen molar-refractivity contribution in [1.29, 1.82) is 0 Å². The van der Waals surface area contributed by atoms with Crippen LogP contribution in [-0.2, 0) is 19.2 Å². The fourth-order valence-corrected chi connectivity index (χ4v) is 5.48. The Kier molecular flexibility index (Phi) is 11.7. The molecule has 0 unspecified atom stereocenters. The lowest BCUT2D eigenvalue weighted by molar-refractivity contribution is -0.147. The second-order valence-electron chi connectivity index (χ2n) is 11.5. The minimum atomic E-state index is -4.62. The van der Waals surface area contributed by atoms with E-state index in [1.807, 2.05) is 5.32 Å². The molecule has 3 heterocycles. The number of amides is 5. The van der Waals surface area contributed by atoms with E-state index < -0.39 is 73.0 Å². The van der Waals surface area contributed by atoms with Crippen LogP contribution < -0.4 is 15.4 Å². The van der Waals surface area contributed by atoms with E-state index in [9.17, 15) is 52.2 Å². The molecular formula is C30H36F3N7O9. The molecule has 16 nitrogen and oxygen atoms in total. The van der Waals surface area contributed by atoms with Crippen LogP contribution in [0.2, 0.25) is 0 Å². The maximum atomic E-state index is 13.5. The Morgan fingerprint density at radius 2 is 1.63 bits per heavy atom. The standard InChI is InChI=1S/C30H36F3N7O9/c1-18(27(45)39-11-5-8-22(39)26(44)34-17-30(31,32)33)49-23-16-21(36-40(23)19-6-3-2-4-7-19)25(43)35-20(9-10-24(41)42)28(46)37-12-14-38(15-13-37)29(47)48/h2-4,6-7,16,18,20,22H,5,8-15,17H2,1H3,(H,34,44)(H,35,43)(H,41,42)(H,47,48)/t18-,20+,22+/m1/s1. The maximum Gasteiger partial charge on any atom is 0.407 e. The molecular weight excluding hydrogens is 659 g/mol. The Labute approximate surface area is 277 Å². The largest absolute Gasteiger partial charge is 0.481 e. The summed E-state index contributed by atoms with van der Waals surface area (Å²) in [7, 11) is 0. The van der Waals surface area contributed by atoms with E-state index in [4.69, 9.17) is 4.74 Å². The highest BCUT2D eigenvalue weighted by atomic mass is 19.4. The van der Waals surface area contributed by atoms with Gasteiger partial charge in [-0.25, -0.2) is 9.48 Å². The first kappa shape index (κ1) is 36.5. The van der Waals surface area contributed by atoms with Crippen molar-refractivity contribution in [3.63, 3.8) is 0 Å². The molecule has 19 heteroatoms. The summed E-state index contributed by atoms with van der Waals surface area (Å²) in [4.78, 5) is 78.8. The lowest BCUT2D eigenvalue weighted by atomic mass is 10.1. The number of alkyl halides is 3. The van der Waals surface area contributed by atoms with Crippen LogP contribution in [0.25, 0.3) is 5.69 Å². The number of halogens is 3. The number of ether oxygens (including phenoxy) is 1. The number of nitrogens with zero attached hydrogens (tertiary/aromatic N) is 5. The predicted molar refractivity (Wildman–Crippen MR) is 162 cm³/mol. The van der Waals surface area contributed by atoms with Crippen LogP contribution in [0.5, 0.6) is 5.88 Å². The van der Waals surface area contributed by atoms with Crippen LogP contribution in [0.1, 0.15) is 43.1 Å². The molecule has 266 valence electrons. The number of likely N-dealkylation sites (tertiary alicyclic amines) is 1. The van der Waals surface area contributed by atoms with Crippen molar-refractivity contribution >= 4 is 35.7 Å². The van der Waals surface area contributed by atoms with E-state index in [0.717, 1.165) is 9.80 Å². The van der Waals surface area contributed by atoms with Gasteiger partial charge in [-0.3, -0.25) is 24.0 Å². The summed E-state index contributed by atoms with van der Waals surface area (Å²) in [6, 6.07) is 7.11. The number of carbonyl (C=O) groups excluding carboxylic acids is 4. The zero-order valence-corrected chi connectivity index (χ0v) is 26.4. The predicted octanol–water partition coefficient (Wildman–Crippen LogP) is 1.09. The van der Waals surface area contributed by atoms with Crippen LogP contribution in [-0.4, -0.2) is 134 Å². The third-order valence-corrected chi connectivity index (χ3v) is 7.97. The summed E-state index contributed by atoms with van der Waals surface area (Å²) in [5.74, 6) is -4.39. The van der Waals surface area contributed by atoms with E-state index in [2.05, 4.69) is 10.4 Å². The van der Waals surface area contributed by atoms with Gasteiger partial charge in [-0.15, -0.1) is 0 Å². The Hall–Kier alpha value is -5.36. The number of carboxylic acids is 1. The van der Waals surface area contributed by atoms with Gasteiger partial charge >= 0.3 is 18.2 Å². The lowest BCUT2D eigenvalue weighted by Gasteiger charge is -2.35. The minimum absolute atomic E-state index is 0.0379. The molecule has 0 radical (unpaired) electrons. The molecule has 2 fully saturated rings. The van der Waals surface area contributed by atoms with E-state index in [0.29, 0.717) is 12.1 Å². The molecule has 4 N–H and O–H groups in total. The van der Waals surface area contributed by atoms with Crippen LogP contribution in [0.3, 0.4) is 0 Å².